The average Bonchev–Trinajstić information content (AvgIpc) is 2.64. The first-order valence-corrected chi connectivity index (χ1v) is 8.95. The van der Waals surface area contributed by atoms with Crippen LogP contribution in [0, 0.1) is 5.92 Å². The molecule has 0 amide bonds. The summed E-state index contributed by atoms with van der Waals surface area (Å²) in [5, 5.41) is -0.194. The molecular weight excluding hydrogens is 415 g/mol. The summed E-state index contributed by atoms with van der Waals surface area (Å²) in [7, 11) is 0. The SMILES string of the molecule is Nc1nc(N)c(C(=O)Cc2[nH]c(=O)ncc2N2CCC(C(F)(F)F)CC2)nc1Cl. The number of ketones is 1. The van der Waals surface area contributed by atoms with Crippen LogP contribution in [-0.2, 0) is 6.42 Å². The highest BCUT2D eigenvalue weighted by atomic mass is 35.5. The van der Waals surface area contributed by atoms with Crippen molar-refractivity contribution in [3.63, 3.8) is 0 Å². The van der Waals surface area contributed by atoms with Crippen LogP contribution in [0.2, 0.25) is 5.15 Å². The van der Waals surface area contributed by atoms with Crippen molar-refractivity contribution in [3.05, 3.63) is 33.2 Å². The molecule has 9 nitrogen and oxygen atoms in total. The van der Waals surface area contributed by atoms with Crippen LogP contribution in [0.5, 0.6) is 0 Å². The summed E-state index contributed by atoms with van der Waals surface area (Å²) in [5.74, 6) is -2.33. The van der Waals surface area contributed by atoms with Gasteiger partial charge in [-0.25, -0.2) is 14.8 Å². The van der Waals surface area contributed by atoms with E-state index >= 15 is 0 Å². The Balaban J connectivity index is 1.84. The van der Waals surface area contributed by atoms with Gasteiger partial charge in [0.2, 0.25) is 0 Å². The number of carbonyl (C=O) groups is 1. The van der Waals surface area contributed by atoms with Gasteiger partial charge in [-0.15, -0.1) is 0 Å². The minimum Gasteiger partial charge on any atom is -0.382 e. The van der Waals surface area contributed by atoms with Gasteiger partial charge in [0.05, 0.1) is 29.9 Å². The van der Waals surface area contributed by atoms with E-state index in [-0.39, 0.29) is 60.5 Å². The number of aromatic nitrogens is 4. The molecule has 3 rings (SSSR count). The Labute approximate surface area is 167 Å². The number of nitrogens with zero attached hydrogens (tertiary/aromatic N) is 4. The molecule has 0 spiro atoms. The van der Waals surface area contributed by atoms with Crippen molar-refractivity contribution in [2.45, 2.75) is 25.4 Å². The van der Waals surface area contributed by atoms with Crippen LogP contribution in [-0.4, -0.2) is 45.0 Å². The monoisotopic (exact) mass is 431 g/mol. The predicted octanol–water partition coefficient (Wildman–Crippen LogP) is 1.58. The molecule has 1 saturated heterocycles. The van der Waals surface area contributed by atoms with Crippen LogP contribution >= 0.6 is 11.6 Å². The molecule has 0 aliphatic carbocycles. The van der Waals surface area contributed by atoms with Crippen molar-refractivity contribution in [2.24, 2.45) is 5.92 Å². The fraction of sp³-hybridized carbons (Fsp3) is 0.438. The smallest absolute Gasteiger partial charge is 0.382 e. The lowest BCUT2D eigenvalue weighted by molar-refractivity contribution is -0.179. The fourth-order valence-corrected chi connectivity index (χ4v) is 3.30. The quantitative estimate of drug-likeness (QED) is 0.619. The van der Waals surface area contributed by atoms with Gasteiger partial charge in [0.1, 0.15) is 0 Å². The Bertz CT molecular complexity index is 987. The number of piperidine rings is 1. The summed E-state index contributed by atoms with van der Waals surface area (Å²) >= 11 is 5.79. The summed E-state index contributed by atoms with van der Waals surface area (Å²) in [6.45, 7) is 0.212. The number of alkyl halides is 3. The summed E-state index contributed by atoms with van der Waals surface area (Å²) < 4.78 is 38.7. The van der Waals surface area contributed by atoms with E-state index in [9.17, 15) is 22.8 Å². The molecule has 156 valence electrons. The Morgan fingerprint density at radius 2 is 1.90 bits per heavy atom. The lowest BCUT2D eigenvalue weighted by Crippen LogP contribution is -2.40. The van der Waals surface area contributed by atoms with Gasteiger partial charge in [-0.05, 0) is 12.8 Å². The van der Waals surface area contributed by atoms with Crippen molar-refractivity contribution in [1.29, 1.82) is 0 Å². The summed E-state index contributed by atoms with van der Waals surface area (Å²) in [6.07, 6.45) is -3.53. The molecule has 29 heavy (non-hydrogen) atoms. The molecule has 1 fully saturated rings. The van der Waals surface area contributed by atoms with Crippen LogP contribution < -0.4 is 22.1 Å². The molecule has 5 N–H and O–H groups in total. The summed E-state index contributed by atoms with van der Waals surface area (Å²) in [4.78, 5) is 39.6. The van der Waals surface area contributed by atoms with E-state index < -0.39 is 23.6 Å². The van der Waals surface area contributed by atoms with E-state index in [2.05, 4.69) is 19.9 Å². The van der Waals surface area contributed by atoms with E-state index in [4.69, 9.17) is 23.1 Å². The maximum Gasteiger partial charge on any atom is 0.391 e. The van der Waals surface area contributed by atoms with E-state index in [1.54, 1.807) is 4.90 Å². The first-order chi connectivity index (χ1) is 13.6. The second-order valence-corrected chi connectivity index (χ2v) is 6.95. The molecule has 0 radical (unpaired) electrons. The Morgan fingerprint density at radius 3 is 2.52 bits per heavy atom. The molecule has 0 bridgehead atoms. The van der Waals surface area contributed by atoms with Gasteiger partial charge in [-0.1, -0.05) is 11.6 Å². The zero-order chi connectivity index (χ0) is 21.3. The third-order valence-corrected chi connectivity index (χ3v) is 4.95. The molecular formula is C16H17ClF3N7O2. The number of rotatable bonds is 4. The predicted molar refractivity (Wildman–Crippen MR) is 99.8 cm³/mol. The molecule has 2 aromatic heterocycles. The molecule has 1 aliphatic heterocycles. The topological polar surface area (TPSA) is 144 Å². The third kappa shape index (κ3) is 4.58. The standard InChI is InChI=1S/C16H17ClF3N7O2/c17-12-14(22)26-13(21)11(25-12)10(28)5-8-9(6-23-15(29)24-8)27-3-1-7(2-4-27)16(18,19)20/h6-7H,1-5H2,(H4,21,22,26)(H,23,24,29). The Morgan fingerprint density at radius 1 is 1.24 bits per heavy atom. The molecule has 13 heteroatoms. The molecule has 1 aliphatic rings. The van der Waals surface area contributed by atoms with Crippen LogP contribution in [0.4, 0.5) is 30.5 Å². The zero-order valence-corrected chi connectivity index (χ0v) is 15.7. The maximum absolute atomic E-state index is 12.9. The highest BCUT2D eigenvalue weighted by molar-refractivity contribution is 6.31. The van der Waals surface area contributed by atoms with E-state index in [1.807, 2.05) is 0 Å². The number of halogens is 4. The number of Topliss-reactive ketones (excluding diaryl/α,β-unsaturated/α-hetero) is 1. The first-order valence-electron chi connectivity index (χ1n) is 8.57. The molecule has 0 unspecified atom stereocenters. The van der Waals surface area contributed by atoms with Gasteiger partial charge in [-0.3, -0.25) is 4.79 Å². The molecule has 0 aromatic carbocycles. The van der Waals surface area contributed by atoms with E-state index in [0.717, 1.165) is 0 Å². The summed E-state index contributed by atoms with van der Waals surface area (Å²) in [5.41, 5.74) is 10.8. The minimum atomic E-state index is -4.25. The Kier molecular flexibility index (Phi) is 5.64. The number of hydrogen-bond donors (Lipinski definition) is 3. The number of carbonyl (C=O) groups excluding carboxylic acids is 1. The lowest BCUT2D eigenvalue weighted by atomic mass is 9.95. The zero-order valence-electron chi connectivity index (χ0n) is 15.0. The van der Waals surface area contributed by atoms with Gasteiger partial charge in [0, 0.05) is 13.1 Å². The Hall–Kier alpha value is -2.89. The van der Waals surface area contributed by atoms with Crippen LogP contribution in [0.25, 0.3) is 0 Å². The molecule has 2 aromatic rings. The molecule has 3 heterocycles. The normalized spacial score (nSPS) is 15.5. The number of anilines is 3. The number of aromatic amines is 1. The second kappa shape index (κ2) is 7.85. The van der Waals surface area contributed by atoms with Crippen molar-refractivity contribution >= 4 is 34.7 Å². The summed E-state index contributed by atoms with van der Waals surface area (Å²) in [6, 6.07) is 0. The highest BCUT2D eigenvalue weighted by Gasteiger charge is 2.41. The second-order valence-electron chi connectivity index (χ2n) is 6.59. The van der Waals surface area contributed by atoms with Crippen LogP contribution in [0.15, 0.2) is 11.0 Å². The van der Waals surface area contributed by atoms with Crippen LogP contribution in [0.3, 0.4) is 0 Å². The van der Waals surface area contributed by atoms with Crippen molar-refractivity contribution in [3.8, 4) is 0 Å². The molecule has 0 atom stereocenters. The van der Waals surface area contributed by atoms with Crippen molar-refractivity contribution < 1.29 is 18.0 Å². The lowest BCUT2D eigenvalue weighted by Gasteiger charge is -2.34. The first kappa shape index (κ1) is 20.8. The number of nitrogens with two attached hydrogens (primary N) is 2. The van der Waals surface area contributed by atoms with Crippen LogP contribution in [0.1, 0.15) is 29.0 Å². The number of hydrogen-bond acceptors (Lipinski definition) is 8. The average molecular weight is 432 g/mol. The number of nitrogens with one attached hydrogen (secondary N) is 1. The third-order valence-electron chi connectivity index (χ3n) is 4.68. The highest BCUT2D eigenvalue weighted by Crippen LogP contribution is 2.35. The van der Waals surface area contributed by atoms with Gasteiger partial charge < -0.3 is 21.4 Å². The molecule has 0 saturated carbocycles. The maximum atomic E-state index is 12.9. The fourth-order valence-electron chi connectivity index (χ4n) is 3.17. The van der Waals surface area contributed by atoms with Gasteiger partial charge in [-0.2, -0.15) is 18.2 Å². The number of nitrogen functional groups attached to an aromatic ring is 2. The van der Waals surface area contributed by atoms with Crippen molar-refractivity contribution in [1.82, 2.24) is 19.9 Å². The van der Waals surface area contributed by atoms with Gasteiger partial charge >= 0.3 is 11.9 Å². The van der Waals surface area contributed by atoms with Gasteiger partial charge in [0.25, 0.3) is 0 Å². The largest absolute Gasteiger partial charge is 0.391 e. The van der Waals surface area contributed by atoms with E-state index in [0.29, 0.717) is 5.69 Å². The number of H-pyrrole nitrogens is 1. The van der Waals surface area contributed by atoms with Crippen molar-refractivity contribution in [2.75, 3.05) is 29.5 Å². The minimum absolute atomic E-state index is 0.0952. The van der Waals surface area contributed by atoms with E-state index in [1.165, 1.54) is 6.20 Å². The van der Waals surface area contributed by atoms with Gasteiger partial charge in [0.15, 0.2) is 28.3 Å².